The smallest absolute Gasteiger partial charge is 0.0439 e. The summed E-state index contributed by atoms with van der Waals surface area (Å²) in [4.78, 5) is 0. The summed E-state index contributed by atoms with van der Waals surface area (Å²) in [7, 11) is -0.690. The van der Waals surface area contributed by atoms with Crippen molar-refractivity contribution in [3.8, 4) is 0 Å². The van der Waals surface area contributed by atoms with Gasteiger partial charge >= 0.3 is 0 Å². The van der Waals surface area contributed by atoms with Crippen LogP contribution in [0.5, 0.6) is 0 Å². The molecule has 0 amide bonds. The van der Waals surface area contributed by atoms with Crippen LogP contribution in [0.4, 0.5) is 0 Å². The van der Waals surface area contributed by atoms with E-state index < -0.39 is 10.8 Å². The summed E-state index contributed by atoms with van der Waals surface area (Å²) in [6.07, 6.45) is 11.0. The third-order valence-corrected chi connectivity index (χ3v) is 4.24. The Kier molecular flexibility index (Phi) is 13.3. The average Bonchev–Trinajstić information content (AvgIpc) is 2.30. The van der Waals surface area contributed by atoms with Crippen molar-refractivity contribution in [1.82, 2.24) is 0 Å². The Balaban J connectivity index is 3.05. The van der Waals surface area contributed by atoms with E-state index in [1.165, 1.54) is 44.9 Å². The molecule has 0 heterocycles. The molecule has 98 valence electrons. The fourth-order valence-corrected chi connectivity index (χ4v) is 2.91. The van der Waals surface area contributed by atoms with Gasteiger partial charge in [0.05, 0.1) is 0 Å². The van der Waals surface area contributed by atoms with Crippen molar-refractivity contribution in [3.05, 3.63) is 0 Å². The highest BCUT2D eigenvalue weighted by molar-refractivity contribution is 7.84. The second-order valence-electron chi connectivity index (χ2n) is 4.40. The van der Waals surface area contributed by atoms with E-state index >= 15 is 0 Å². The molecule has 0 rings (SSSR count). The summed E-state index contributed by atoms with van der Waals surface area (Å²) in [6.45, 7) is 2.41. The third-order valence-electron chi connectivity index (χ3n) is 2.76. The standard InChI is InChI=1S/C13H28O2S/c1-2-3-4-5-6-7-8-9-12-16(15)13-10-11-14/h14H,2-13H2,1H3. The zero-order chi connectivity index (χ0) is 12.1. The third kappa shape index (κ3) is 12.2. The molecule has 0 aliphatic carbocycles. The fourth-order valence-electron chi connectivity index (χ4n) is 1.72. The predicted octanol–water partition coefficient (Wildman–Crippen LogP) is 3.26. The molecule has 0 aliphatic heterocycles. The van der Waals surface area contributed by atoms with Crippen molar-refractivity contribution < 1.29 is 9.32 Å². The van der Waals surface area contributed by atoms with E-state index in [-0.39, 0.29) is 6.61 Å². The Labute approximate surface area is 103 Å². The van der Waals surface area contributed by atoms with Crippen molar-refractivity contribution in [2.24, 2.45) is 0 Å². The van der Waals surface area contributed by atoms with Gasteiger partial charge in [-0.05, 0) is 12.8 Å². The van der Waals surface area contributed by atoms with Gasteiger partial charge in [-0.3, -0.25) is 4.21 Å². The summed E-state index contributed by atoms with van der Waals surface area (Å²) >= 11 is 0. The topological polar surface area (TPSA) is 37.3 Å². The highest BCUT2D eigenvalue weighted by Crippen LogP contribution is 2.08. The molecule has 0 aromatic rings. The molecule has 0 aromatic heterocycles. The molecule has 1 N–H and O–H groups in total. The van der Waals surface area contributed by atoms with E-state index in [0.717, 1.165) is 12.2 Å². The zero-order valence-electron chi connectivity index (χ0n) is 10.7. The lowest BCUT2D eigenvalue weighted by Crippen LogP contribution is -2.04. The summed E-state index contributed by atoms with van der Waals surface area (Å²) in [6, 6.07) is 0. The van der Waals surface area contributed by atoms with Crippen LogP contribution in [0.1, 0.15) is 64.7 Å². The lowest BCUT2D eigenvalue weighted by Gasteiger charge is -2.02. The number of unbranched alkanes of at least 4 members (excludes halogenated alkanes) is 7. The van der Waals surface area contributed by atoms with Gasteiger partial charge in [-0.1, -0.05) is 51.9 Å². The van der Waals surface area contributed by atoms with Gasteiger partial charge in [0, 0.05) is 28.9 Å². The van der Waals surface area contributed by atoms with Crippen LogP contribution in [0.15, 0.2) is 0 Å². The average molecular weight is 248 g/mol. The van der Waals surface area contributed by atoms with Gasteiger partial charge in [-0.25, -0.2) is 0 Å². The molecule has 2 nitrogen and oxygen atoms in total. The summed E-state index contributed by atoms with van der Waals surface area (Å²) in [5.74, 6) is 1.50. The van der Waals surface area contributed by atoms with Crippen LogP contribution < -0.4 is 0 Å². The van der Waals surface area contributed by atoms with Crippen LogP contribution in [-0.4, -0.2) is 27.4 Å². The maximum absolute atomic E-state index is 11.4. The first-order chi connectivity index (χ1) is 7.81. The molecule has 0 radical (unpaired) electrons. The Hall–Kier alpha value is 0.110. The van der Waals surface area contributed by atoms with Crippen molar-refractivity contribution in [1.29, 1.82) is 0 Å². The SMILES string of the molecule is CCCCCCCCCCS(=O)CCCO. The lowest BCUT2D eigenvalue weighted by molar-refractivity contribution is 0.296. The Morgan fingerprint density at radius 2 is 1.31 bits per heavy atom. The van der Waals surface area contributed by atoms with Crippen molar-refractivity contribution in [3.63, 3.8) is 0 Å². The molecule has 0 saturated heterocycles. The van der Waals surface area contributed by atoms with E-state index in [0.29, 0.717) is 12.2 Å². The molecule has 0 aromatic carbocycles. The highest BCUT2D eigenvalue weighted by atomic mass is 32.2. The van der Waals surface area contributed by atoms with Gasteiger partial charge < -0.3 is 5.11 Å². The van der Waals surface area contributed by atoms with E-state index in [1.54, 1.807) is 0 Å². The minimum absolute atomic E-state index is 0.170. The number of aliphatic hydroxyl groups is 1. The van der Waals surface area contributed by atoms with Gasteiger partial charge in [0.2, 0.25) is 0 Å². The maximum Gasteiger partial charge on any atom is 0.0439 e. The van der Waals surface area contributed by atoms with Crippen LogP contribution in [0.2, 0.25) is 0 Å². The molecular formula is C13H28O2S. The maximum atomic E-state index is 11.4. The summed E-state index contributed by atoms with van der Waals surface area (Å²) in [5, 5.41) is 8.59. The second-order valence-corrected chi connectivity index (χ2v) is 6.10. The van der Waals surface area contributed by atoms with E-state index in [2.05, 4.69) is 6.92 Å². The van der Waals surface area contributed by atoms with Gasteiger partial charge in [0.25, 0.3) is 0 Å². The van der Waals surface area contributed by atoms with Crippen LogP contribution in [0.25, 0.3) is 0 Å². The Morgan fingerprint density at radius 3 is 1.88 bits per heavy atom. The Morgan fingerprint density at radius 1 is 0.812 bits per heavy atom. The van der Waals surface area contributed by atoms with Gasteiger partial charge in [-0.2, -0.15) is 0 Å². The number of hydrogen-bond acceptors (Lipinski definition) is 2. The lowest BCUT2D eigenvalue weighted by atomic mass is 10.1. The molecule has 0 aliphatic rings. The Bertz CT molecular complexity index is 160. The minimum Gasteiger partial charge on any atom is -0.396 e. The number of hydrogen-bond donors (Lipinski definition) is 1. The first-order valence-electron chi connectivity index (χ1n) is 6.77. The van der Waals surface area contributed by atoms with Crippen molar-refractivity contribution in [2.45, 2.75) is 64.7 Å². The van der Waals surface area contributed by atoms with E-state index in [9.17, 15) is 4.21 Å². The molecule has 0 spiro atoms. The van der Waals surface area contributed by atoms with E-state index in [4.69, 9.17) is 5.11 Å². The molecule has 0 fully saturated rings. The highest BCUT2D eigenvalue weighted by Gasteiger charge is 1.99. The van der Waals surface area contributed by atoms with Crippen LogP contribution in [0.3, 0.4) is 0 Å². The van der Waals surface area contributed by atoms with Crippen molar-refractivity contribution in [2.75, 3.05) is 18.1 Å². The zero-order valence-corrected chi connectivity index (χ0v) is 11.6. The molecule has 1 atom stereocenters. The van der Waals surface area contributed by atoms with E-state index in [1.807, 2.05) is 0 Å². The first-order valence-corrected chi connectivity index (χ1v) is 8.26. The molecule has 16 heavy (non-hydrogen) atoms. The summed E-state index contributed by atoms with van der Waals surface area (Å²) < 4.78 is 11.4. The quantitative estimate of drug-likeness (QED) is 0.538. The van der Waals surface area contributed by atoms with Gasteiger partial charge in [-0.15, -0.1) is 0 Å². The number of aliphatic hydroxyl groups excluding tert-OH is 1. The molecular weight excluding hydrogens is 220 g/mol. The predicted molar refractivity (Wildman–Crippen MR) is 72.2 cm³/mol. The number of rotatable bonds is 12. The second kappa shape index (κ2) is 13.2. The normalized spacial score (nSPS) is 12.9. The molecule has 1 unspecified atom stereocenters. The fraction of sp³-hybridized carbons (Fsp3) is 1.00. The minimum atomic E-state index is -0.690. The molecule has 0 saturated carbocycles. The van der Waals surface area contributed by atoms with Crippen LogP contribution >= 0.6 is 0 Å². The largest absolute Gasteiger partial charge is 0.396 e. The van der Waals surface area contributed by atoms with Gasteiger partial charge in [0.1, 0.15) is 0 Å². The first kappa shape index (κ1) is 16.1. The van der Waals surface area contributed by atoms with Crippen LogP contribution in [0, 0.1) is 0 Å². The summed E-state index contributed by atoms with van der Waals surface area (Å²) in [5.41, 5.74) is 0. The van der Waals surface area contributed by atoms with Crippen molar-refractivity contribution >= 4 is 10.8 Å². The monoisotopic (exact) mass is 248 g/mol. The van der Waals surface area contributed by atoms with Gasteiger partial charge in [0.15, 0.2) is 0 Å². The van der Waals surface area contributed by atoms with Crippen LogP contribution in [-0.2, 0) is 10.8 Å². The molecule has 0 bridgehead atoms. The molecule has 3 heteroatoms.